The summed E-state index contributed by atoms with van der Waals surface area (Å²) in [5.41, 5.74) is 2.02. The van der Waals surface area contributed by atoms with Crippen molar-refractivity contribution in [3.63, 3.8) is 0 Å². The van der Waals surface area contributed by atoms with Gasteiger partial charge in [0.05, 0.1) is 12.7 Å². The molecule has 0 aliphatic carbocycles. The molecule has 24 heavy (non-hydrogen) atoms. The van der Waals surface area contributed by atoms with Crippen LogP contribution in [0.5, 0.6) is 0 Å². The highest BCUT2D eigenvalue weighted by Crippen LogP contribution is 2.08. The number of aromatic nitrogens is 3. The lowest BCUT2D eigenvalue weighted by molar-refractivity contribution is -0.116. The maximum absolute atomic E-state index is 12.9. The first-order valence-corrected chi connectivity index (χ1v) is 7.67. The molecule has 0 bridgehead atoms. The zero-order valence-electron chi connectivity index (χ0n) is 13.0. The first-order valence-electron chi connectivity index (χ1n) is 7.67. The molecule has 5 nitrogen and oxygen atoms in total. The molecule has 0 unspecified atom stereocenters. The van der Waals surface area contributed by atoms with Gasteiger partial charge in [0.15, 0.2) is 5.82 Å². The second-order valence-corrected chi connectivity index (χ2v) is 5.46. The van der Waals surface area contributed by atoms with Crippen molar-refractivity contribution in [2.75, 3.05) is 5.32 Å². The molecule has 0 aliphatic heterocycles. The van der Waals surface area contributed by atoms with Gasteiger partial charge >= 0.3 is 0 Å². The average Bonchev–Trinajstić information content (AvgIpc) is 3.03. The van der Waals surface area contributed by atoms with Crippen LogP contribution >= 0.6 is 0 Å². The largest absolute Gasteiger partial charge is 0.308 e. The molecule has 6 heteroatoms. The van der Waals surface area contributed by atoms with Gasteiger partial charge in [0.2, 0.25) is 5.91 Å². The third-order valence-electron chi connectivity index (χ3n) is 3.55. The molecule has 3 rings (SSSR count). The summed E-state index contributed by atoms with van der Waals surface area (Å²) in [4.78, 5) is 12.0. The van der Waals surface area contributed by atoms with Crippen LogP contribution in [0.25, 0.3) is 0 Å². The number of anilines is 1. The topological polar surface area (TPSA) is 59.8 Å². The normalized spacial score (nSPS) is 10.5. The number of hydrogen-bond acceptors (Lipinski definition) is 3. The fourth-order valence-electron chi connectivity index (χ4n) is 2.32. The molecule has 122 valence electrons. The molecule has 0 aliphatic rings. The van der Waals surface area contributed by atoms with Gasteiger partial charge < -0.3 is 5.32 Å². The molecule has 0 saturated carbocycles. The monoisotopic (exact) mass is 324 g/mol. The number of benzene rings is 2. The SMILES string of the molecule is O=C(CCc1ccccc1)Nc1cn(Cc2ccc(F)cc2)nn1. The van der Waals surface area contributed by atoms with E-state index in [0.29, 0.717) is 25.2 Å². The third-order valence-corrected chi connectivity index (χ3v) is 3.55. The summed E-state index contributed by atoms with van der Waals surface area (Å²) in [7, 11) is 0. The van der Waals surface area contributed by atoms with Crippen molar-refractivity contribution in [2.24, 2.45) is 0 Å². The summed E-state index contributed by atoms with van der Waals surface area (Å²) in [6.45, 7) is 0.465. The van der Waals surface area contributed by atoms with E-state index >= 15 is 0 Å². The second-order valence-electron chi connectivity index (χ2n) is 5.46. The zero-order chi connectivity index (χ0) is 16.8. The van der Waals surface area contributed by atoms with E-state index in [-0.39, 0.29) is 11.7 Å². The first kappa shape index (κ1) is 15.9. The molecular formula is C18H17FN4O. The van der Waals surface area contributed by atoms with Crippen LogP contribution in [-0.4, -0.2) is 20.9 Å². The number of aryl methyl sites for hydroxylation is 1. The summed E-state index contributed by atoms with van der Waals surface area (Å²) < 4.78 is 14.5. The summed E-state index contributed by atoms with van der Waals surface area (Å²) in [5.74, 6) is 0.0339. The maximum atomic E-state index is 12.9. The smallest absolute Gasteiger partial charge is 0.225 e. The van der Waals surface area contributed by atoms with E-state index in [0.717, 1.165) is 11.1 Å². The molecule has 1 aromatic heterocycles. The Hall–Kier alpha value is -3.02. The molecule has 1 heterocycles. The minimum absolute atomic E-state index is 0.104. The van der Waals surface area contributed by atoms with Crippen LogP contribution in [0.3, 0.4) is 0 Å². The van der Waals surface area contributed by atoms with Crippen LogP contribution in [0.4, 0.5) is 10.2 Å². The van der Waals surface area contributed by atoms with Crippen LogP contribution in [0.15, 0.2) is 60.8 Å². The molecule has 1 amide bonds. The van der Waals surface area contributed by atoms with Crippen LogP contribution in [-0.2, 0) is 17.8 Å². The number of halogens is 1. The quantitative estimate of drug-likeness (QED) is 0.758. The summed E-state index contributed by atoms with van der Waals surface area (Å²) in [6, 6.07) is 16.0. The van der Waals surface area contributed by atoms with Crippen molar-refractivity contribution < 1.29 is 9.18 Å². The molecule has 2 aromatic carbocycles. The lowest BCUT2D eigenvalue weighted by Crippen LogP contribution is -2.12. The van der Waals surface area contributed by atoms with E-state index < -0.39 is 0 Å². The Morgan fingerprint density at radius 2 is 1.79 bits per heavy atom. The molecule has 0 atom stereocenters. The summed E-state index contributed by atoms with van der Waals surface area (Å²) >= 11 is 0. The predicted octanol–water partition coefficient (Wildman–Crippen LogP) is 3.04. The summed E-state index contributed by atoms with van der Waals surface area (Å²) in [5, 5.41) is 10.6. The van der Waals surface area contributed by atoms with Crippen molar-refractivity contribution >= 4 is 11.7 Å². The van der Waals surface area contributed by atoms with Gasteiger partial charge in [-0.3, -0.25) is 4.79 Å². The summed E-state index contributed by atoms with van der Waals surface area (Å²) in [6.07, 6.45) is 2.72. The van der Waals surface area contributed by atoms with Crippen molar-refractivity contribution in [1.29, 1.82) is 0 Å². The molecule has 3 aromatic rings. The predicted molar refractivity (Wildman–Crippen MR) is 88.9 cm³/mol. The number of amides is 1. The van der Waals surface area contributed by atoms with Crippen LogP contribution < -0.4 is 5.32 Å². The lowest BCUT2D eigenvalue weighted by atomic mass is 10.1. The van der Waals surface area contributed by atoms with Crippen molar-refractivity contribution in [3.05, 3.63) is 77.7 Å². The Kier molecular flexibility index (Phi) is 4.96. The highest BCUT2D eigenvalue weighted by Gasteiger charge is 2.07. The lowest BCUT2D eigenvalue weighted by Gasteiger charge is -2.02. The molecule has 0 radical (unpaired) electrons. The molecule has 0 fully saturated rings. The van der Waals surface area contributed by atoms with Crippen molar-refractivity contribution in [2.45, 2.75) is 19.4 Å². The van der Waals surface area contributed by atoms with Crippen LogP contribution in [0.1, 0.15) is 17.5 Å². The van der Waals surface area contributed by atoms with E-state index in [1.165, 1.54) is 12.1 Å². The van der Waals surface area contributed by atoms with E-state index in [9.17, 15) is 9.18 Å². The van der Waals surface area contributed by atoms with Crippen molar-refractivity contribution in [3.8, 4) is 0 Å². The Labute approximate surface area is 139 Å². The number of nitrogens with one attached hydrogen (secondary N) is 1. The Balaban J connectivity index is 1.51. The van der Waals surface area contributed by atoms with Gasteiger partial charge in [-0.1, -0.05) is 47.7 Å². The average molecular weight is 324 g/mol. The number of carbonyl (C=O) groups excluding carboxylic acids is 1. The number of nitrogens with zero attached hydrogens (tertiary/aromatic N) is 3. The molecule has 0 saturated heterocycles. The van der Waals surface area contributed by atoms with E-state index in [4.69, 9.17) is 0 Å². The number of carbonyl (C=O) groups is 1. The van der Waals surface area contributed by atoms with Crippen LogP contribution in [0, 0.1) is 5.82 Å². The number of hydrogen-bond donors (Lipinski definition) is 1. The van der Waals surface area contributed by atoms with Gasteiger partial charge in [0.25, 0.3) is 0 Å². The minimum Gasteiger partial charge on any atom is -0.308 e. The fraction of sp³-hybridized carbons (Fsp3) is 0.167. The highest BCUT2D eigenvalue weighted by atomic mass is 19.1. The molecule has 0 spiro atoms. The Morgan fingerprint density at radius 1 is 1.04 bits per heavy atom. The Morgan fingerprint density at radius 3 is 2.54 bits per heavy atom. The van der Waals surface area contributed by atoms with Gasteiger partial charge in [0.1, 0.15) is 5.82 Å². The van der Waals surface area contributed by atoms with Gasteiger partial charge in [-0.2, -0.15) is 0 Å². The van der Waals surface area contributed by atoms with Gasteiger partial charge in [0, 0.05) is 6.42 Å². The molecule has 1 N–H and O–H groups in total. The van der Waals surface area contributed by atoms with Gasteiger partial charge in [-0.25, -0.2) is 9.07 Å². The fourth-order valence-corrected chi connectivity index (χ4v) is 2.32. The third kappa shape index (κ3) is 4.49. The van der Waals surface area contributed by atoms with E-state index in [2.05, 4.69) is 15.6 Å². The second kappa shape index (κ2) is 7.50. The van der Waals surface area contributed by atoms with Gasteiger partial charge in [-0.15, -0.1) is 5.10 Å². The van der Waals surface area contributed by atoms with Crippen molar-refractivity contribution in [1.82, 2.24) is 15.0 Å². The minimum atomic E-state index is -0.274. The number of rotatable bonds is 6. The maximum Gasteiger partial charge on any atom is 0.225 e. The van der Waals surface area contributed by atoms with Crippen LogP contribution in [0.2, 0.25) is 0 Å². The molecular weight excluding hydrogens is 307 g/mol. The standard InChI is InChI=1S/C18H17FN4O/c19-16-9-6-15(7-10-16)12-23-13-17(21-22-23)20-18(24)11-8-14-4-2-1-3-5-14/h1-7,9-10,13H,8,11-12H2,(H,20,24). The van der Waals surface area contributed by atoms with Gasteiger partial charge in [-0.05, 0) is 29.7 Å². The van der Waals surface area contributed by atoms with E-state index in [1.807, 2.05) is 30.3 Å². The highest BCUT2D eigenvalue weighted by molar-refractivity contribution is 5.89. The first-order chi connectivity index (χ1) is 11.7. The zero-order valence-corrected chi connectivity index (χ0v) is 13.0. The Bertz CT molecular complexity index is 799. The van der Waals surface area contributed by atoms with E-state index in [1.54, 1.807) is 23.0 Å².